The molecule has 6 rings (SSSR count). The number of aromatic nitrogens is 8. The molecule has 0 aliphatic rings. The summed E-state index contributed by atoms with van der Waals surface area (Å²) in [6.45, 7) is 0. The van der Waals surface area contributed by atoms with Gasteiger partial charge in [0.15, 0.2) is 23.0 Å². The van der Waals surface area contributed by atoms with Gasteiger partial charge in [-0.2, -0.15) is 0 Å². The standard InChI is InChI=1S/C33H25FN10O6/c34-23-16-22(33(49)50)27(38-31(46)26-7-9-29(42-40-26)44-13-11-36-18-44)15-20(23)3-1-2-19-4-5-24(21(14-19)32(47)48)37-30(45)25-6-8-28(41-39-25)43-12-10-35-17-43/h4-18H,1-3H2,(H,37,45)(H,38,46)(H,47,48)(H,49,50). The van der Waals surface area contributed by atoms with E-state index in [1.165, 1.54) is 49.1 Å². The molecule has 0 aliphatic heterocycles. The highest BCUT2D eigenvalue weighted by Gasteiger charge is 2.20. The average Bonchev–Trinajstić information content (AvgIpc) is 3.86. The maximum absolute atomic E-state index is 15.0. The Hall–Kier alpha value is -7.17. The lowest BCUT2D eigenvalue weighted by atomic mass is 9.99. The van der Waals surface area contributed by atoms with Gasteiger partial charge in [-0.3, -0.25) is 18.7 Å². The molecule has 0 aliphatic carbocycles. The number of hydrogen-bond donors (Lipinski definition) is 4. The molecule has 4 aromatic heterocycles. The van der Waals surface area contributed by atoms with Crippen LogP contribution in [-0.2, 0) is 12.8 Å². The van der Waals surface area contributed by atoms with Crippen molar-refractivity contribution in [3.8, 4) is 11.6 Å². The number of aromatic carboxylic acids is 2. The van der Waals surface area contributed by atoms with Crippen molar-refractivity contribution in [2.24, 2.45) is 0 Å². The van der Waals surface area contributed by atoms with Crippen LogP contribution in [-0.4, -0.2) is 73.5 Å². The molecule has 0 saturated heterocycles. The van der Waals surface area contributed by atoms with Crippen LogP contribution in [0.15, 0.2) is 92.0 Å². The molecule has 17 heteroatoms. The van der Waals surface area contributed by atoms with E-state index in [1.54, 1.807) is 46.1 Å². The van der Waals surface area contributed by atoms with Crippen LogP contribution in [0.3, 0.4) is 0 Å². The highest BCUT2D eigenvalue weighted by Crippen LogP contribution is 2.25. The number of nitrogens with one attached hydrogen (secondary N) is 2. The van der Waals surface area contributed by atoms with Gasteiger partial charge in [-0.05, 0) is 78.9 Å². The molecule has 4 heterocycles. The molecule has 16 nitrogen and oxygen atoms in total. The van der Waals surface area contributed by atoms with Gasteiger partial charge in [-0.1, -0.05) is 6.07 Å². The van der Waals surface area contributed by atoms with Crippen molar-refractivity contribution in [3.05, 3.63) is 131 Å². The maximum atomic E-state index is 15.0. The summed E-state index contributed by atoms with van der Waals surface area (Å²) in [5.41, 5.74) is -0.0997. The number of halogens is 1. The van der Waals surface area contributed by atoms with Crippen molar-refractivity contribution in [2.75, 3.05) is 10.6 Å². The Morgan fingerprint density at radius 1 is 0.660 bits per heavy atom. The van der Waals surface area contributed by atoms with E-state index in [0.29, 0.717) is 30.0 Å². The predicted molar refractivity (Wildman–Crippen MR) is 173 cm³/mol. The van der Waals surface area contributed by atoms with Crippen LogP contribution < -0.4 is 10.6 Å². The largest absolute Gasteiger partial charge is 0.478 e. The first-order valence-electron chi connectivity index (χ1n) is 14.8. The molecule has 0 unspecified atom stereocenters. The quantitative estimate of drug-likeness (QED) is 0.145. The van der Waals surface area contributed by atoms with Gasteiger partial charge < -0.3 is 20.8 Å². The molecule has 0 radical (unpaired) electrons. The molecular weight excluding hydrogens is 651 g/mol. The van der Waals surface area contributed by atoms with Gasteiger partial charge in [0, 0.05) is 24.8 Å². The number of hydrogen-bond acceptors (Lipinski definition) is 10. The van der Waals surface area contributed by atoms with Crippen molar-refractivity contribution < 1.29 is 33.8 Å². The topological polar surface area (TPSA) is 220 Å². The number of rotatable bonds is 12. The van der Waals surface area contributed by atoms with Gasteiger partial charge >= 0.3 is 11.9 Å². The van der Waals surface area contributed by atoms with Crippen molar-refractivity contribution in [1.29, 1.82) is 0 Å². The van der Waals surface area contributed by atoms with Crippen molar-refractivity contribution in [3.63, 3.8) is 0 Å². The first-order chi connectivity index (χ1) is 24.2. The Bertz CT molecular complexity index is 2190. The summed E-state index contributed by atoms with van der Waals surface area (Å²) in [5, 5.41) is 40.3. The third-order valence-electron chi connectivity index (χ3n) is 7.44. The minimum Gasteiger partial charge on any atom is -0.478 e. The lowest BCUT2D eigenvalue weighted by Gasteiger charge is -2.13. The van der Waals surface area contributed by atoms with Gasteiger partial charge in [0.1, 0.15) is 18.5 Å². The summed E-state index contributed by atoms with van der Waals surface area (Å²) in [7, 11) is 0. The number of carboxylic acid groups (broad SMARTS) is 2. The number of carbonyl (C=O) groups excluding carboxylic acids is 2. The summed E-state index contributed by atoms with van der Waals surface area (Å²) in [4.78, 5) is 57.5. The van der Waals surface area contributed by atoms with E-state index < -0.39 is 35.1 Å². The number of nitrogens with zero attached hydrogens (tertiary/aromatic N) is 8. The van der Waals surface area contributed by atoms with Crippen LogP contribution in [0.1, 0.15) is 59.2 Å². The maximum Gasteiger partial charge on any atom is 0.337 e. The Kier molecular flexibility index (Phi) is 9.37. The Morgan fingerprint density at radius 2 is 1.22 bits per heavy atom. The Labute approximate surface area is 281 Å². The number of benzene rings is 2. The molecule has 0 bridgehead atoms. The van der Waals surface area contributed by atoms with E-state index in [-0.39, 0.29) is 40.3 Å². The van der Waals surface area contributed by atoms with E-state index in [4.69, 9.17) is 0 Å². The number of amides is 2. The summed E-state index contributed by atoms with van der Waals surface area (Å²) >= 11 is 0. The molecule has 4 N–H and O–H groups in total. The second kappa shape index (κ2) is 14.3. The normalized spacial score (nSPS) is 10.8. The second-order valence-electron chi connectivity index (χ2n) is 10.7. The number of anilines is 2. The number of aryl methyl sites for hydroxylation is 2. The molecular formula is C33H25FN10O6. The molecule has 50 heavy (non-hydrogen) atoms. The van der Waals surface area contributed by atoms with Gasteiger partial charge in [0.2, 0.25) is 0 Å². The van der Waals surface area contributed by atoms with E-state index in [0.717, 1.165) is 6.07 Å². The number of carboxylic acids is 2. The minimum absolute atomic E-state index is 0.0303. The van der Waals surface area contributed by atoms with Crippen molar-refractivity contribution in [1.82, 2.24) is 39.5 Å². The zero-order valence-electron chi connectivity index (χ0n) is 25.8. The zero-order chi connectivity index (χ0) is 35.2. The monoisotopic (exact) mass is 676 g/mol. The highest BCUT2D eigenvalue weighted by atomic mass is 19.1. The Balaban J connectivity index is 1.11. The van der Waals surface area contributed by atoms with E-state index in [9.17, 15) is 33.8 Å². The molecule has 250 valence electrons. The van der Waals surface area contributed by atoms with Crippen LogP contribution >= 0.6 is 0 Å². The van der Waals surface area contributed by atoms with Crippen LogP contribution in [0.4, 0.5) is 15.8 Å². The van der Waals surface area contributed by atoms with Gasteiger partial charge in [-0.15, -0.1) is 20.4 Å². The predicted octanol–water partition coefficient (Wildman–Crippen LogP) is 3.85. The number of imidazole rings is 2. The first kappa shape index (κ1) is 32.8. The van der Waals surface area contributed by atoms with Crippen molar-refractivity contribution in [2.45, 2.75) is 19.3 Å². The van der Waals surface area contributed by atoms with E-state index in [2.05, 4.69) is 41.0 Å². The van der Waals surface area contributed by atoms with E-state index >= 15 is 0 Å². The zero-order valence-corrected chi connectivity index (χ0v) is 25.8. The third kappa shape index (κ3) is 7.36. The molecule has 0 saturated carbocycles. The summed E-state index contributed by atoms with van der Waals surface area (Å²) in [6, 6.07) is 12.5. The summed E-state index contributed by atoms with van der Waals surface area (Å²) < 4.78 is 18.2. The van der Waals surface area contributed by atoms with E-state index in [1.807, 2.05) is 0 Å². The SMILES string of the molecule is O=C(Nc1ccc(CCCc2cc(NC(=O)c3ccc(-n4ccnc4)nn3)c(C(=O)O)cc2F)cc1C(=O)O)c1ccc(-n2ccnc2)nn1. The first-order valence-corrected chi connectivity index (χ1v) is 14.8. The third-order valence-corrected chi connectivity index (χ3v) is 7.44. The second-order valence-corrected chi connectivity index (χ2v) is 10.7. The molecule has 2 amide bonds. The molecule has 2 aromatic carbocycles. The fourth-order valence-corrected chi connectivity index (χ4v) is 4.94. The fourth-order valence-electron chi connectivity index (χ4n) is 4.94. The van der Waals surface area contributed by atoms with Gasteiger partial charge in [0.25, 0.3) is 11.8 Å². The molecule has 0 atom stereocenters. The smallest absolute Gasteiger partial charge is 0.337 e. The van der Waals surface area contributed by atoms with Crippen LogP contribution in [0.2, 0.25) is 0 Å². The molecule has 6 aromatic rings. The summed E-state index contributed by atoms with van der Waals surface area (Å²) in [6.07, 6.45) is 10.2. The minimum atomic E-state index is -1.45. The van der Waals surface area contributed by atoms with Gasteiger partial charge in [-0.25, -0.2) is 23.9 Å². The molecule has 0 spiro atoms. The van der Waals surface area contributed by atoms with Crippen LogP contribution in [0.25, 0.3) is 11.6 Å². The summed E-state index contributed by atoms with van der Waals surface area (Å²) in [5.74, 6) is -4.06. The van der Waals surface area contributed by atoms with Gasteiger partial charge in [0.05, 0.1) is 22.5 Å². The van der Waals surface area contributed by atoms with Crippen LogP contribution in [0, 0.1) is 5.82 Å². The number of carbonyl (C=O) groups is 4. The lowest BCUT2D eigenvalue weighted by molar-refractivity contribution is 0.0686. The van der Waals surface area contributed by atoms with Crippen LogP contribution in [0.5, 0.6) is 0 Å². The lowest BCUT2D eigenvalue weighted by Crippen LogP contribution is -2.18. The highest BCUT2D eigenvalue weighted by molar-refractivity contribution is 6.07. The Morgan fingerprint density at radius 3 is 1.72 bits per heavy atom. The molecule has 0 fully saturated rings. The van der Waals surface area contributed by atoms with Crippen molar-refractivity contribution >= 4 is 35.1 Å². The average molecular weight is 677 g/mol. The fraction of sp³-hybridized carbons (Fsp3) is 0.0909.